The molecule has 0 spiro atoms. The Balaban J connectivity index is 1.80. The lowest BCUT2D eigenvalue weighted by molar-refractivity contribution is -0.140. The van der Waals surface area contributed by atoms with Crippen LogP contribution in [0.5, 0.6) is 0 Å². The largest absolute Gasteiger partial charge is 0.354 e. The highest BCUT2D eigenvalue weighted by Gasteiger charge is 2.35. The predicted molar refractivity (Wildman–Crippen MR) is 181 cm³/mol. The van der Waals surface area contributed by atoms with Gasteiger partial charge in [-0.05, 0) is 72.5 Å². The first kappa shape index (κ1) is 34.0. The van der Waals surface area contributed by atoms with E-state index in [4.69, 9.17) is 23.2 Å². The maximum absolute atomic E-state index is 14.5. The lowest BCUT2D eigenvalue weighted by atomic mass is 10.0. The van der Waals surface area contributed by atoms with Crippen molar-refractivity contribution in [2.45, 2.75) is 50.6 Å². The Labute approximate surface area is 275 Å². The molecule has 0 heterocycles. The summed E-state index contributed by atoms with van der Waals surface area (Å²) in [5, 5.41) is 3.97. The lowest BCUT2D eigenvalue weighted by Crippen LogP contribution is -2.53. The topological polar surface area (TPSA) is 86.8 Å². The number of anilines is 1. The fourth-order valence-corrected chi connectivity index (χ4v) is 6.83. The maximum atomic E-state index is 14.5. The number of halogens is 2. The average Bonchev–Trinajstić information content (AvgIpc) is 3.03. The second-order valence-electron chi connectivity index (χ2n) is 10.8. The van der Waals surface area contributed by atoms with Gasteiger partial charge in [-0.15, -0.1) is 0 Å². The van der Waals surface area contributed by atoms with Gasteiger partial charge in [0.2, 0.25) is 11.8 Å². The van der Waals surface area contributed by atoms with Crippen molar-refractivity contribution in [2.24, 2.45) is 0 Å². The number of benzene rings is 4. The van der Waals surface area contributed by atoms with Crippen molar-refractivity contribution in [3.05, 3.63) is 130 Å². The van der Waals surface area contributed by atoms with Crippen LogP contribution < -0.4 is 9.62 Å². The van der Waals surface area contributed by atoms with Crippen LogP contribution in [0.1, 0.15) is 36.5 Å². The van der Waals surface area contributed by atoms with Crippen LogP contribution >= 0.6 is 23.2 Å². The number of unbranched alkanes of at least 4 members (excludes halogenated alkanes) is 1. The van der Waals surface area contributed by atoms with Gasteiger partial charge in [0.05, 0.1) is 10.6 Å². The number of carbonyl (C=O) groups is 2. The minimum atomic E-state index is -4.19. The number of hydrogen-bond donors (Lipinski definition) is 1. The monoisotopic (exact) mass is 665 g/mol. The SMILES string of the molecule is CCCCNC(=O)C(Cc1ccccc1)N(Cc1ccc(Cl)cc1)C(=O)CN(c1ccc(Cl)cc1C)S(=O)(=O)c1ccccc1. The van der Waals surface area contributed by atoms with E-state index < -0.39 is 28.5 Å². The molecule has 236 valence electrons. The second kappa shape index (κ2) is 15.9. The van der Waals surface area contributed by atoms with Gasteiger partial charge in [-0.2, -0.15) is 0 Å². The van der Waals surface area contributed by atoms with Gasteiger partial charge in [-0.25, -0.2) is 8.42 Å². The van der Waals surface area contributed by atoms with E-state index >= 15 is 0 Å². The molecule has 0 aromatic heterocycles. The van der Waals surface area contributed by atoms with E-state index in [0.717, 1.165) is 28.3 Å². The summed E-state index contributed by atoms with van der Waals surface area (Å²) in [6.07, 6.45) is 1.92. The van der Waals surface area contributed by atoms with E-state index in [-0.39, 0.29) is 23.8 Å². The number of carbonyl (C=O) groups excluding carboxylic acids is 2. The van der Waals surface area contributed by atoms with Gasteiger partial charge in [-0.1, -0.05) is 97.2 Å². The maximum Gasteiger partial charge on any atom is 0.264 e. The quantitative estimate of drug-likeness (QED) is 0.146. The molecule has 1 atom stereocenters. The molecule has 4 aromatic carbocycles. The highest BCUT2D eigenvalue weighted by Crippen LogP contribution is 2.29. The average molecular weight is 667 g/mol. The van der Waals surface area contributed by atoms with Crippen molar-refractivity contribution < 1.29 is 18.0 Å². The molecule has 7 nitrogen and oxygen atoms in total. The lowest BCUT2D eigenvalue weighted by Gasteiger charge is -2.34. The Bertz CT molecular complexity index is 1690. The summed E-state index contributed by atoms with van der Waals surface area (Å²) in [4.78, 5) is 29.8. The number of aryl methyl sites for hydroxylation is 1. The number of amides is 2. The summed E-state index contributed by atoms with van der Waals surface area (Å²) < 4.78 is 29.3. The fourth-order valence-electron chi connectivity index (χ4n) is 4.98. The van der Waals surface area contributed by atoms with Gasteiger partial charge < -0.3 is 10.2 Å². The van der Waals surface area contributed by atoms with E-state index in [1.807, 2.05) is 37.3 Å². The van der Waals surface area contributed by atoms with E-state index in [0.29, 0.717) is 27.8 Å². The molecular weight excluding hydrogens is 629 g/mol. The van der Waals surface area contributed by atoms with Gasteiger partial charge in [-0.3, -0.25) is 13.9 Å². The molecule has 0 fully saturated rings. The smallest absolute Gasteiger partial charge is 0.264 e. The third kappa shape index (κ3) is 9.10. The molecule has 1 N–H and O–H groups in total. The van der Waals surface area contributed by atoms with Crippen molar-refractivity contribution in [1.29, 1.82) is 0 Å². The second-order valence-corrected chi connectivity index (χ2v) is 13.5. The third-order valence-corrected chi connectivity index (χ3v) is 9.67. The zero-order valence-corrected chi connectivity index (χ0v) is 27.7. The normalized spacial score (nSPS) is 11.9. The van der Waals surface area contributed by atoms with Crippen LogP contribution in [0.4, 0.5) is 5.69 Å². The number of nitrogens with zero attached hydrogens (tertiary/aromatic N) is 2. The van der Waals surface area contributed by atoms with Crippen LogP contribution in [-0.2, 0) is 32.6 Å². The number of sulfonamides is 1. The van der Waals surface area contributed by atoms with Crippen LogP contribution in [0.25, 0.3) is 0 Å². The van der Waals surface area contributed by atoms with E-state index in [9.17, 15) is 18.0 Å². The predicted octanol–water partition coefficient (Wildman–Crippen LogP) is 7.05. The van der Waals surface area contributed by atoms with Gasteiger partial charge in [0, 0.05) is 29.6 Å². The van der Waals surface area contributed by atoms with Crippen LogP contribution in [0.2, 0.25) is 10.0 Å². The number of nitrogens with one attached hydrogen (secondary N) is 1. The molecule has 0 saturated carbocycles. The van der Waals surface area contributed by atoms with Crippen LogP contribution in [0.3, 0.4) is 0 Å². The summed E-state index contributed by atoms with van der Waals surface area (Å²) >= 11 is 12.4. The zero-order chi connectivity index (χ0) is 32.4. The molecule has 0 saturated heterocycles. The van der Waals surface area contributed by atoms with Crippen molar-refractivity contribution >= 4 is 50.7 Å². The fraction of sp³-hybridized carbons (Fsp3) is 0.257. The molecule has 0 aliphatic carbocycles. The molecular formula is C35H37Cl2N3O4S. The first-order valence-electron chi connectivity index (χ1n) is 14.8. The number of rotatable bonds is 14. The standard InChI is InChI=1S/C35H37Cl2N3O4S/c1-3-4-21-38-35(42)33(23-27-11-7-5-8-12-27)39(24-28-15-17-29(36)18-16-28)34(41)25-40(32-20-19-30(37)22-26(32)2)45(43,44)31-13-9-6-10-14-31/h5-20,22,33H,3-4,21,23-25H2,1-2H3,(H,38,42). The first-order valence-corrected chi connectivity index (χ1v) is 17.0. The summed E-state index contributed by atoms with van der Waals surface area (Å²) in [7, 11) is -4.19. The molecule has 0 aliphatic heterocycles. The third-order valence-electron chi connectivity index (χ3n) is 7.40. The Morgan fingerprint density at radius 2 is 1.44 bits per heavy atom. The molecule has 0 bridgehead atoms. The summed E-state index contributed by atoms with van der Waals surface area (Å²) in [6, 6.07) is 28.3. The van der Waals surface area contributed by atoms with Crippen LogP contribution in [0, 0.1) is 6.92 Å². The van der Waals surface area contributed by atoms with Crippen molar-refractivity contribution in [3.8, 4) is 0 Å². The van der Waals surface area contributed by atoms with E-state index in [1.165, 1.54) is 17.0 Å². The zero-order valence-electron chi connectivity index (χ0n) is 25.3. The Kier molecular flexibility index (Phi) is 12.0. The van der Waals surface area contributed by atoms with Crippen molar-refractivity contribution in [1.82, 2.24) is 10.2 Å². The molecule has 10 heteroatoms. The summed E-state index contributed by atoms with van der Waals surface area (Å²) in [5.74, 6) is -0.847. The Hall–Kier alpha value is -3.85. The van der Waals surface area contributed by atoms with Crippen molar-refractivity contribution in [2.75, 3.05) is 17.4 Å². The summed E-state index contributed by atoms with van der Waals surface area (Å²) in [6.45, 7) is 3.75. The Morgan fingerprint density at radius 1 is 0.822 bits per heavy atom. The molecule has 2 amide bonds. The van der Waals surface area contributed by atoms with Gasteiger partial charge >= 0.3 is 0 Å². The highest BCUT2D eigenvalue weighted by molar-refractivity contribution is 7.92. The van der Waals surface area contributed by atoms with E-state index in [2.05, 4.69) is 5.32 Å². The molecule has 45 heavy (non-hydrogen) atoms. The summed E-state index contributed by atoms with van der Waals surface area (Å²) in [5.41, 5.74) is 2.50. The van der Waals surface area contributed by atoms with Gasteiger partial charge in [0.15, 0.2) is 0 Å². The molecule has 1 unspecified atom stereocenters. The van der Waals surface area contributed by atoms with Gasteiger partial charge in [0.1, 0.15) is 12.6 Å². The molecule has 0 aliphatic rings. The van der Waals surface area contributed by atoms with Gasteiger partial charge in [0.25, 0.3) is 10.0 Å². The van der Waals surface area contributed by atoms with Crippen LogP contribution in [0.15, 0.2) is 108 Å². The molecule has 4 aromatic rings. The minimum Gasteiger partial charge on any atom is -0.354 e. The van der Waals surface area contributed by atoms with E-state index in [1.54, 1.807) is 67.6 Å². The minimum absolute atomic E-state index is 0.0366. The van der Waals surface area contributed by atoms with Crippen LogP contribution in [-0.4, -0.2) is 44.3 Å². The van der Waals surface area contributed by atoms with Crippen molar-refractivity contribution in [3.63, 3.8) is 0 Å². The highest BCUT2D eigenvalue weighted by atomic mass is 35.5. The first-order chi connectivity index (χ1) is 21.6. The molecule has 0 radical (unpaired) electrons. The molecule has 4 rings (SSSR count). The Morgan fingerprint density at radius 3 is 2.07 bits per heavy atom. The number of hydrogen-bond acceptors (Lipinski definition) is 4.